The van der Waals surface area contributed by atoms with Crippen LogP contribution in [0.25, 0.3) is 0 Å². The summed E-state index contributed by atoms with van der Waals surface area (Å²) in [5, 5.41) is 1.82. The number of rotatable bonds is 1. The van der Waals surface area contributed by atoms with Crippen molar-refractivity contribution >= 4 is 35.0 Å². The second-order valence-electron chi connectivity index (χ2n) is 1.64. The summed E-state index contributed by atoms with van der Waals surface area (Å²) in [5.74, 6) is 0. The molecule has 0 aliphatic carbocycles. The average Bonchev–Trinajstić information content (AvgIpc) is 2.08. The Labute approximate surface area is 72.5 Å². The molecule has 0 aliphatic rings. The maximum Gasteiger partial charge on any atom is 0.302 e. The lowest BCUT2D eigenvalue weighted by atomic mass is 10.7. The first-order valence-electron chi connectivity index (χ1n) is 2.31. The lowest BCUT2D eigenvalue weighted by molar-refractivity contribution is 0.342. The van der Waals surface area contributed by atoms with Crippen molar-refractivity contribution in [2.24, 2.45) is 0 Å². The molecule has 0 aromatic carbocycles. The molecule has 2 N–H and O–H groups in total. The fourth-order valence-corrected chi connectivity index (χ4v) is 2.08. The quantitative estimate of drug-likeness (QED) is 0.366. The third-order valence-corrected chi connectivity index (χ3v) is 2.69. The zero-order valence-corrected chi connectivity index (χ0v) is 7.46. The number of nitrogens with one attached hydrogen (secondary N) is 1. The molecule has 1 heterocycles. The molecule has 1 aromatic rings. The summed E-state index contributed by atoms with van der Waals surface area (Å²) >= 11 is 8.09. The third-order valence-electron chi connectivity index (χ3n) is 0.899. The number of aromatic nitrogens is 1. The summed E-state index contributed by atoms with van der Waals surface area (Å²) < 4.78 is 33.7. The van der Waals surface area contributed by atoms with Crippen LogP contribution in [0.2, 0.25) is 0 Å². The molecule has 8 heteroatoms. The van der Waals surface area contributed by atoms with Crippen LogP contribution in [0.5, 0.6) is 0 Å². The van der Waals surface area contributed by atoms with E-state index in [0.29, 0.717) is 0 Å². The van der Waals surface area contributed by atoms with Crippen molar-refractivity contribution in [1.29, 1.82) is 0 Å². The molecule has 0 unspecified atom stereocenters. The van der Waals surface area contributed by atoms with Crippen LogP contribution < -0.4 is 0 Å². The number of thiol groups is 1. The number of hydrogen-bond acceptors (Lipinski definition) is 5. The van der Waals surface area contributed by atoms with Crippen molar-refractivity contribution in [2.75, 3.05) is 0 Å². The molecular formula is C3H3NO4S3. The van der Waals surface area contributed by atoms with Gasteiger partial charge in [0, 0.05) is 0 Å². The predicted octanol–water partition coefficient (Wildman–Crippen LogP) is 0.873. The van der Waals surface area contributed by atoms with E-state index in [1.807, 2.05) is 0 Å². The van der Waals surface area contributed by atoms with E-state index < -0.39 is 15.0 Å². The average molecular weight is 213 g/mol. The van der Waals surface area contributed by atoms with E-state index in [9.17, 15) is 8.42 Å². The number of H-pyrrole nitrogens is 1. The van der Waals surface area contributed by atoms with Gasteiger partial charge in [-0.15, -0.1) is 12.6 Å². The van der Waals surface area contributed by atoms with E-state index in [1.165, 1.54) is 0 Å². The van der Waals surface area contributed by atoms with Gasteiger partial charge in [0.1, 0.15) is 0 Å². The monoisotopic (exact) mass is 213 g/mol. The standard InChI is InChI=1S/C3H3NO4S3/c5-11(6,7)1-2(9)4-8-3(1)10/h10H,(H,4,9)(H,5,6,7). The van der Waals surface area contributed by atoms with Crippen LogP contribution >= 0.6 is 24.8 Å². The van der Waals surface area contributed by atoms with Crippen molar-refractivity contribution < 1.29 is 17.5 Å². The van der Waals surface area contributed by atoms with Crippen LogP contribution in [0.1, 0.15) is 0 Å². The molecule has 5 nitrogen and oxygen atoms in total. The van der Waals surface area contributed by atoms with Gasteiger partial charge < -0.3 is 4.52 Å². The molecule has 11 heavy (non-hydrogen) atoms. The smallest absolute Gasteiger partial charge is 0.302 e. The molecule has 0 amide bonds. The molecular weight excluding hydrogens is 210 g/mol. The molecule has 0 radical (unpaired) electrons. The summed E-state index contributed by atoms with van der Waals surface area (Å²) in [5.41, 5.74) is 0. The molecule has 0 spiro atoms. The van der Waals surface area contributed by atoms with Crippen molar-refractivity contribution in [3.8, 4) is 0 Å². The maximum absolute atomic E-state index is 10.5. The normalized spacial score (nSPS) is 11.8. The molecule has 0 bridgehead atoms. The summed E-state index contributed by atoms with van der Waals surface area (Å²) in [6, 6.07) is 0. The van der Waals surface area contributed by atoms with Crippen molar-refractivity contribution in [2.45, 2.75) is 9.99 Å². The molecule has 1 aromatic heterocycles. The second-order valence-corrected chi connectivity index (χ2v) is 3.82. The highest BCUT2D eigenvalue weighted by Crippen LogP contribution is 2.19. The zero-order chi connectivity index (χ0) is 8.65. The number of aromatic amines is 1. The Morgan fingerprint density at radius 3 is 2.36 bits per heavy atom. The van der Waals surface area contributed by atoms with Crippen LogP contribution in [-0.2, 0) is 10.1 Å². The van der Waals surface area contributed by atoms with Gasteiger partial charge in [0.25, 0.3) is 0 Å². The van der Waals surface area contributed by atoms with Crippen molar-refractivity contribution in [1.82, 2.24) is 5.16 Å². The summed E-state index contributed by atoms with van der Waals surface area (Å²) in [4.78, 5) is -0.504. The minimum Gasteiger partial charge on any atom is -0.373 e. The van der Waals surface area contributed by atoms with Gasteiger partial charge in [0.2, 0.25) is 5.09 Å². The Morgan fingerprint density at radius 1 is 1.64 bits per heavy atom. The number of hydrogen-bond donors (Lipinski definition) is 3. The van der Waals surface area contributed by atoms with Crippen molar-refractivity contribution in [3.63, 3.8) is 0 Å². The first-order chi connectivity index (χ1) is 4.93. The van der Waals surface area contributed by atoms with Gasteiger partial charge in [-0.05, 0) is 0 Å². The van der Waals surface area contributed by atoms with Gasteiger partial charge in [0.05, 0.1) is 0 Å². The lowest BCUT2D eigenvalue weighted by Gasteiger charge is -1.87. The molecule has 62 valence electrons. The van der Waals surface area contributed by atoms with Crippen LogP contribution in [0.4, 0.5) is 0 Å². The maximum atomic E-state index is 10.5. The highest BCUT2D eigenvalue weighted by atomic mass is 32.2. The first-order valence-corrected chi connectivity index (χ1v) is 4.60. The largest absolute Gasteiger partial charge is 0.373 e. The van der Waals surface area contributed by atoms with E-state index in [1.54, 1.807) is 0 Å². The highest BCUT2D eigenvalue weighted by molar-refractivity contribution is 7.87. The fraction of sp³-hybridized carbons (Fsp3) is 0. The second kappa shape index (κ2) is 2.63. The van der Waals surface area contributed by atoms with Gasteiger partial charge in [0.15, 0.2) is 9.54 Å². The van der Waals surface area contributed by atoms with E-state index in [4.69, 9.17) is 4.55 Å². The Kier molecular flexibility index (Phi) is 2.10. The lowest BCUT2D eigenvalue weighted by Crippen LogP contribution is -1.97. The topological polar surface area (TPSA) is 83.3 Å². The zero-order valence-electron chi connectivity index (χ0n) is 4.94. The molecule has 0 atom stereocenters. The molecule has 0 saturated heterocycles. The van der Waals surface area contributed by atoms with Gasteiger partial charge in [-0.2, -0.15) is 8.42 Å². The Balaban J connectivity index is 3.59. The van der Waals surface area contributed by atoms with E-state index >= 15 is 0 Å². The minimum atomic E-state index is -4.33. The van der Waals surface area contributed by atoms with E-state index in [-0.39, 0.29) is 9.73 Å². The van der Waals surface area contributed by atoms with E-state index in [0.717, 1.165) is 0 Å². The molecule has 1 rings (SSSR count). The first kappa shape index (κ1) is 8.78. The SMILES string of the molecule is O=S(=O)(O)c1c(S)o[nH]c1=S. The van der Waals surface area contributed by atoms with Crippen LogP contribution in [-0.4, -0.2) is 18.1 Å². The molecule has 0 aliphatic heterocycles. The fourth-order valence-electron chi connectivity index (χ4n) is 0.512. The Morgan fingerprint density at radius 2 is 2.18 bits per heavy atom. The summed E-state index contributed by atoms with van der Waals surface area (Å²) in [7, 11) is -4.33. The van der Waals surface area contributed by atoms with Gasteiger partial charge in [-0.25, -0.2) is 5.16 Å². The predicted molar refractivity (Wildman–Crippen MR) is 41.0 cm³/mol. The summed E-state index contributed by atoms with van der Waals surface area (Å²) in [6.07, 6.45) is 0. The van der Waals surface area contributed by atoms with Gasteiger partial charge >= 0.3 is 10.1 Å². The molecule has 0 fully saturated rings. The van der Waals surface area contributed by atoms with Gasteiger partial charge in [-0.1, -0.05) is 12.2 Å². The highest BCUT2D eigenvalue weighted by Gasteiger charge is 2.19. The Hall–Kier alpha value is -0.310. The Bertz CT molecular complexity index is 412. The summed E-state index contributed by atoms with van der Waals surface area (Å²) in [6.45, 7) is 0. The van der Waals surface area contributed by atoms with Crippen molar-refractivity contribution in [3.05, 3.63) is 4.64 Å². The van der Waals surface area contributed by atoms with Crippen LogP contribution in [0.3, 0.4) is 0 Å². The van der Waals surface area contributed by atoms with Gasteiger partial charge in [-0.3, -0.25) is 4.55 Å². The van der Waals surface area contributed by atoms with Crippen LogP contribution in [0.15, 0.2) is 14.5 Å². The molecule has 0 saturated carbocycles. The third kappa shape index (κ3) is 1.64. The minimum absolute atomic E-state index is 0.197. The van der Waals surface area contributed by atoms with Crippen LogP contribution in [0, 0.1) is 4.64 Å². The van der Waals surface area contributed by atoms with E-state index in [2.05, 4.69) is 34.5 Å².